The molecule has 1 amide bonds. The highest BCUT2D eigenvalue weighted by atomic mass is 16.1. The molecule has 0 atom stereocenters. The lowest BCUT2D eigenvalue weighted by Crippen LogP contribution is -2.36. The van der Waals surface area contributed by atoms with Gasteiger partial charge < -0.3 is 5.32 Å². The molecular formula is C16H18N2O. The highest BCUT2D eigenvalue weighted by molar-refractivity contribution is 6.05. The molecule has 1 aliphatic carbocycles. The first kappa shape index (κ1) is 12.2. The number of aromatic nitrogens is 1. The third-order valence-corrected chi connectivity index (χ3v) is 3.83. The van der Waals surface area contributed by atoms with Gasteiger partial charge in [0.15, 0.2) is 0 Å². The molecule has 1 aromatic carbocycles. The summed E-state index contributed by atoms with van der Waals surface area (Å²) in [6.07, 6.45) is 7.62. The maximum absolute atomic E-state index is 12.4. The molecule has 1 fully saturated rings. The quantitative estimate of drug-likeness (QED) is 0.893. The number of benzene rings is 1. The third-order valence-electron chi connectivity index (χ3n) is 3.83. The van der Waals surface area contributed by atoms with Crippen LogP contribution in [0, 0.1) is 0 Å². The van der Waals surface area contributed by atoms with E-state index in [0.29, 0.717) is 11.7 Å². The van der Waals surface area contributed by atoms with E-state index >= 15 is 0 Å². The largest absolute Gasteiger partial charge is 0.348 e. The summed E-state index contributed by atoms with van der Waals surface area (Å²) in [5.41, 5.74) is 0.545. The predicted molar refractivity (Wildman–Crippen MR) is 76.1 cm³/mol. The molecule has 3 heteroatoms. The Labute approximate surface area is 113 Å². The van der Waals surface area contributed by atoms with Crippen molar-refractivity contribution in [2.75, 3.05) is 0 Å². The van der Waals surface area contributed by atoms with Gasteiger partial charge in [0, 0.05) is 17.6 Å². The number of hydrogen-bond donors (Lipinski definition) is 1. The van der Waals surface area contributed by atoms with E-state index in [1.54, 1.807) is 6.20 Å². The Morgan fingerprint density at radius 2 is 1.89 bits per heavy atom. The normalized spacial score (nSPS) is 16.4. The van der Waals surface area contributed by atoms with E-state index in [-0.39, 0.29) is 5.91 Å². The van der Waals surface area contributed by atoms with Crippen LogP contribution in [0.5, 0.6) is 0 Å². The SMILES string of the molecule is O=C(NC1CCCCC1)c1nccc2ccccc12. The lowest BCUT2D eigenvalue weighted by molar-refractivity contribution is 0.0924. The van der Waals surface area contributed by atoms with E-state index in [0.717, 1.165) is 23.6 Å². The van der Waals surface area contributed by atoms with Crippen LogP contribution in [0.3, 0.4) is 0 Å². The van der Waals surface area contributed by atoms with Crippen LogP contribution < -0.4 is 5.32 Å². The number of carbonyl (C=O) groups is 1. The summed E-state index contributed by atoms with van der Waals surface area (Å²) in [5.74, 6) is -0.0382. The molecule has 1 N–H and O–H groups in total. The fourth-order valence-electron chi connectivity index (χ4n) is 2.80. The molecule has 1 aromatic heterocycles. The van der Waals surface area contributed by atoms with Crippen molar-refractivity contribution in [3.8, 4) is 0 Å². The Morgan fingerprint density at radius 3 is 2.74 bits per heavy atom. The first-order valence-electron chi connectivity index (χ1n) is 6.99. The van der Waals surface area contributed by atoms with Gasteiger partial charge in [-0.1, -0.05) is 43.5 Å². The lowest BCUT2D eigenvalue weighted by Gasteiger charge is -2.22. The van der Waals surface area contributed by atoms with Gasteiger partial charge in [-0.05, 0) is 24.3 Å². The van der Waals surface area contributed by atoms with Crippen LogP contribution >= 0.6 is 0 Å². The van der Waals surface area contributed by atoms with E-state index in [1.807, 2.05) is 30.3 Å². The topological polar surface area (TPSA) is 42.0 Å². The monoisotopic (exact) mass is 254 g/mol. The van der Waals surface area contributed by atoms with Gasteiger partial charge >= 0.3 is 0 Å². The van der Waals surface area contributed by atoms with Gasteiger partial charge in [0.1, 0.15) is 5.69 Å². The van der Waals surface area contributed by atoms with Gasteiger partial charge in [-0.3, -0.25) is 9.78 Å². The molecule has 98 valence electrons. The maximum atomic E-state index is 12.4. The van der Waals surface area contributed by atoms with Gasteiger partial charge in [-0.2, -0.15) is 0 Å². The van der Waals surface area contributed by atoms with Gasteiger partial charge in [0.05, 0.1) is 0 Å². The molecule has 19 heavy (non-hydrogen) atoms. The summed E-state index contributed by atoms with van der Waals surface area (Å²) in [6.45, 7) is 0. The number of carbonyl (C=O) groups excluding carboxylic acids is 1. The molecule has 3 rings (SSSR count). The maximum Gasteiger partial charge on any atom is 0.270 e. The van der Waals surface area contributed by atoms with E-state index in [4.69, 9.17) is 0 Å². The van der Waals surface area contributed by atoms with Crippen molar-refractivity contribution in [2.45, 2.75) is 38.1 Å². The minimum atomic E-state index is -0.0382. The van der Waals surface area contributed by atoms with Gasteiger partial charge in [-0.25, -0.2) is 0 Å². The zero-order valence-electron chi connectivity index (χ0n) is 10.9. The first-order chi connectivity index (χ1) is 9.34. The molecule has 0 spiro atoms. The number of hydrogen-bond acceptors (Lipinski definition) is 2. The van der Waals surface area contributed by atoms with Crippen LogP contribution in [0.2, 0.25) is 0 Å². The number of fused-ring (bicyclic) bond motifs is 1. The van der Waals surface area contributed by atoms with E-state index in [1.165, 1.54) is 19.3 Å². The molecule has 0 radical (unpaired) electrons. The van der Waals surface area contributed by atoms with Crippen molar-refractivity contribution in [1.82, 2.24) is 10.3 Å². The fraction of sp³-hybridized carbons (Fsp3) is 0.375. The Bertz CT molecular complexity index is 583. The van der Waals surface area contributed by atoms with Crippen molar-refractivity contribution >= 4 is 16.7 Å². The van der Waals surface area contributed by atoms with Crippen LogP contribution in [-0.2, 0) is 0 Å². The molecule has 1 aliphatic rings. The number of pyridine rings is 1. The minimum absolute atomic E-state index is 0.0382. The van der Waals surface area contributed by atoms with Crippen LogP contribution in [0.4, 0.5) is 0 Å². The summed E-state index contributed by atoms with van der Waals surface area (Å²) >= 11 is 0. The Kier molecular flexibility index (Phi) is 3.45. The zero-order chi connectivity index (χ0) is 13.1. The lowest BCUT2D eigenvalue weighted by atomic mass is 9.95. The summed E-state index contributed by atoms with van der Waals surface area (Å²) in [7, 11) is 0. The van der Waals surface area contributed by atoms with E-state index in [9.17, 15) is 4.79 Å². The second kappa shape index (κ2) is 5.39. The molecule has 0 saturated heterocycles. The highest BCUT2D eigenvalue weighted by Crippen LogP contribution is 2.19. The van der Waals surface area contributed by atoms with Crippen LogP contribution in [0.25, 0.3) is 10.8 Å². The summed E-state index contributed by atoms with van der Waals surface area (Å²) in [5, 5.41) is 5.12. The molecule has 0 aliphatic heterocycles. The van der Waals surface area contributed by atoms with Crippen LogP contribution in [0.1, 0.15) is 42.6 Å². The number of amides is 1. The average Bonchev–Trinajstić information content (AvgIpc) is 2.47. The van der Waals surface area contributed by atoms with Crippen molar-refractivity contribution in [3.05, 3.63) is 42.2 Å². The molecule has 0 bridgehead atoms. The number of rotatable bonds is 2. The summed E-state index contributed by atoms with van der Waals surface area (Å²) < 4.78 is 0. The summed E-state index contributed by atoms with van der Waals surface area (Å²) in [4.78, 5) is 16.6. The fourth-order valence-corrected chi connectivity index (χ4v) is 2.80. The second-order valence-corrected chi connectivity index (χ2v) is 5.19. The highest BCUT2D eigenvalue weighted by Gasteiger charge is 2.18. The molecule has 2 aromatic rings. The molecule has 3 nitrogen and oxygen atoms in total. The van der Waals surface area contributed by atoms with Gasteiger partial charge in [-0.15, -0.1) is 0 Å². The molecule has 1 saturated carbocycles. The Balaban J connectivity index is 1.85. The smallest absolute Gasteiger partial charge is 0.270 e. The van der Waals surface area contributed by atoms with E-state index in [2.05, 4.69) is 10.3 Å². The van der Waals surface area contributed by atoms with Crippen LogP contribution in [0.15, 0.2) is 36.5 Å². The average molecular weight is 254 g/mol. The minimum Gasteiger partial charge on any atom is -0.348 e. The molecule has 0 unspecified atom stereocenters. The Morgan fingerprint density at radius 1 is 1.11 bits per heavy atom. The van der Waals surface area contributed by atoms with Gasteiger partial charge in [0.2, 0.25) is 0 Å². The first-order valence-corrected chi connectivity index (χ1v) is 6.99. The van der Waals surface area contributed by atoms with Crippen molar-refractivity contribution < 1.29 is 4.79 Å². The zero-order valence-corrected chi connectivity index (χ0v) is 10.9. The predicted octanol–water partition coefficient (Wildman–Crippen LogP) is 3.30. The second-order valence-electron chi connectivity index (χ2n) is 5.19. The van der Waals surface area contributed by atoms with Crippen molar-refractivity contribution in [3.63, 3.8) is 0 Å². The van der Waals surface area contributed by atoms with Gasteiger partial charge in [0.25, 0.3) is 5.91 Å². The summed E-state index contributed by atoms with van der Waals surface area (Å²) in [6, 6.07) is 10.1. The van der Waals surface area contributed by atoms with Crippen molar-refractivity contribution in [1.29, 1.82) is 0 Å². The Hall–Kier alpha value is -1.90. The van der Waals surface area contributed by atoms with Crippen LogP contribution in [-0.4, -0.2) is 16.9 Å². The van der Waals surface area contributed by atoms with E-state index < -0.39 is 0 Å². The molecule has 1 heterocycles. The molecular weight excluding hydrogens is 236 g/mol. The third kappa shape index (κ3) is 2.60. The number of nitrogens with zero attached hydrogens (tertiary/aromatic N) is 1. The standard InChI is InChI=1S/C16H18N2O/c19-16(18-13-7-2-1-3-8-13)15-14-9-5-4-6-12(14)10-11-17-15/h4-6,9-11,13H,1-3,7-8H2,(H,18,19). The number of nitrogens with one attached hydrogen (secondary N) is 1. The van der Waals surface area contributed by atoms with Crippen molar-refractivity contribution in [2.24, 2.45) is 0 Å².